The molecule has 2 saturated carbocycles. The summed E-state index contributed by atoms with van der Waals surface area (Å²) in [4.78, 5) is 8.32. The second kappa shape index (κ2) is 3.62. The number of hydrogen-bond donors (Lipinski definition) is 3. The Morgan fingerprint density at radius 3 is 2.24 bits per heavy atom. The Morgan fingerprint density at radius 1 is 1.18 bits per heavy atom. The van der Waals surface area contributed by atoms with Crippen LogP contribution in [0.2, 0.25) is 0 Å². The van der Waals surface area contributed by atoms with Crippen LogP contribution in [0, 0.1) is 16.7 Å². The molecule has 3 unspecified atom stereocenters. The molecule has 2 aliphatic rings. The minimum Gasteiger partial charge on any atom is -0.370 e. The highest BCUT2D eigenvalue weighted by Gasteiger charge is 2.61. The van der Waals surface area contributed by atoms with Gasteiger partial charge in [-0.05, 0) is 36.0 Å². The molecule has 0 aliphatic heterocycles. The van der Waals surface area contributed by atoms with Crippen LogP contribution in [0.1, 0.15) is 40.0 Å². The van der Waals surface area contributed by atoms with Gasteiger partial charge < -0.3 is 17.2 Å². The first-order valence-corrected chi connectivity index (χ1v) is 6.20. The first kappa shape index (κ1) is 12.2. The molecule has 2 fully saturated rings. The van der Waals surface area contributed by atoms with E-state index in [0.29, 0.717) is 5.41 Å². The lowest BCUT2D eigenvalue weighted by molar-refractivity contribution is 0.137. The standard InChI is InChI=1S/C12H23N5/c1-11(2)7-4-5-12(11,3)8(6-7)16-10(15)17-9(13)14/h7-8H,4-6H2,1-3H3,(H6,13,14,15,16,17). The summed E-state index contributed by atoms with van der Waals surface area (Å²) < 4.78 is 0. The average molecular weight is 237 g/mol. The molecule has 0 aromatic carbocycles. The quantitative estimate of drug-likeness (QED) is 0.464. The predicted molar refractivity (Wildman–Crippen MR) is 70.4 cm³/mol. The van der Waals surface area contributed by atoms with E-state index >= 15 is 0 Å². The van der Waals surface area contributed by atoms with E-state index in [4.69, 9.17) is 17.2 Å². The molecule has 17 heavy (non-hydrogen) atoms. The molecule has 2 bridgehead atoms. The summed E-state index contributed by atoms with van der Waals surface area (Å²) >= 11 is 0. The van der Waals surface area contributed by atoms with E-state index in [2.05, 4.69) is 30.8 Å². The van der Waals surface area contributed by atoms with Gasteiger partial charge in [0, 0.05) is 0 Å². The van der Waals surface area contributed by atoms with Crippen molar-refractivity contribution in [1.29, 1.82) is 0 Å². The molecule has 0 spiro atoms. The Balaban J connectivity index is 2.24. The number of guanidine groups is 2. The Morgan fingerprint density at radius 2 is 1.82 bits per heavy atom. The molecular formula is C12H23N5. The molecule has 3 atom stereocenters. The Bertz CT molecular complexity index is 380. The van der Waals surface area contributed by atoms with Crippen LogP contribution in [0.4, 0.5) is 0 Å². The number of nitrogens with zero attached hydrogens (tertiary/aromatic N) is 2. The van der Waals surface area contributed by atoms with Crippen molar-refractivity contribution in [3.63, 3.8) is 0 Å². The summed E-state index contributed by atoms with van der Waals surface area (Å²) in [5, 5.41) is 0. The Kier molecular flexibility index (Phi) is 2.60. The Hall–Kier alpha value is -1.26. The zero-order chi connectivity index (χ0) is 12.8. The normalized spacial score (nSPS) is 39.4. The molecule has 0 saturated heterocycles. The second-order valence-electron chi connectivity index (χ2n) is 6.15. The van der Waals surface area contributed by atoms with Crippen LogP contribution in [0.25, 0.3) is 0 Å². The lowest BCUT2D eigenvalue weighted by atomic mass is 9.69. The third-order valence-corrected chi connectivity index (χ3v) is 5.28. The molecule has 2 aliphatic carbocycles. The average Bonchev–Trinajstić information content (AvgIpc) is 2.49. The molecule has 0 amide bonds. The molecule has 0 radical (unpaired) electrons. The van der Waals surface area contributed by atoms with Crippen LogP contribution in [-0.4, -0.2) is 18.0 Å². The molecular weight excluding hydrogens is 214 g/mol. The van der Waals surface area contributed by atoms with E-state index in [1.165, 1.54) is 12.8 Å². The topological polar surface area (TPSA) is 103 Å². The van der Waals surface area contributed by atoms with Crippen molar-refractivity contribution in [2.45, 2.75) is 46.1 Å². The highest BCUT2D eigenvalue weighted by atomic mass is 15.1. The first-order valence-electron chi connectivity index (χ1n) is 6.20. The van der Waals surface area contributed by atoms with E-state index in [1.54, 1.807) is 0 Å². The van der Waals surface area contributed by atoms with Gasteiger partial charge in [0.25, 0.3) is 0 Å². The number of aliphatic imine (C=N–C) groups is 2. The van der Waals surface area contributed by atoms with E-state index in [1.807, 2.05) is 0 Å². The van der Waals surface area contributed by atoms with Gasteiger partial charge in [-0.25, -0.2) is 4.99 Å². The van der Waals surface area contributed by atoms with Crippen LogP contribution in [-0.2, 0) is 0 Å². The number of fused-ring (bicyclic) bond motifs is 2. The van der Waals surface area contributed by atoms with Crippen LogP contribution < -0.4 is 17.2 Å². The number of nitrogens with two attached hydrogens (primary N) is 3. The largest absolute Gasteiger partial charge is 0.370 e. The van der Waals surface area contributed by atoms with Gasteiger partial charge in [-0.2, -0.15) is 4.99 Å². The van der Waals surface area contributed by atoms with Crippen LogP contribution >= 0.6 is 0 Å². The van der Waals surface area contributed by atoms with Gasteiger partial charge in [0.1, 0.15) is 0 Å². The summed E-state index contributed by atoms with van der Waals surface area (Å²) in [6.07, 6.45) is 3.62. The molecule has 2 rings (SSSR count). The molecule has 5 nitrogen and oxygen atoms in total. The number of hydrogen-bond acceptors (Lipinski definition) is 1. The monoisotopic (exact) mass is 237 g/mol. The lowest BCUT2D eigenvalue weighted by Gasteiger charge is -2.37. The smallest absolute Gasteiger partial charge is 0.218 e. The lowest BCUT2D eigenvalue weighted by Crippen LogP contribution is -2.36. The third-order valence-electron chi connectivity index (χ3n) is 5.28. The van der Waals surface area contributed by atoms with Gasteiger partial charge in [-0.15, -0.1) is 0 Å². The molecule has 0 heterocycles. The highest BCUT2D eigenvalue weighted by molar-refractivity contribution is 5.92. The van der Waals surface area contributed by atoms with Crippen LogP contribution in [0.5, 0.6) is 0 Å². The van der Waals surface area contributed by atoms with Crippen molar-refractivity contribution in [3.8, 4) is 0 Å². The molecule has 6 N–H and O–H groups in total. The summed E-state index contributed by atoms with van der Waals surface area (Å²) in [5.41, 5.74) is 16.9. The molecule has 5 heteroatoms. The molecule has 0 aromatic heterocycles. The number of rotatable bonds is 1. The fourth-order valence-electron chi connectivity index (χ4n) is 3.68. The Labute approximate surface area is 103 Å². The van der Waals surface area contributed by atoms with E-state index < -0.39 is 0 Å². The summed E-state index contributed by atoms with van der Waals surface area (Å²) in [6, 6.07) is 0.249. The van der Waals surface area contributed by atoms with E-state index in [-0.39, 0.29) is 23.4 Å². The van der Waals surface area contributed by atoms with Gasteiger partial charge in [-0.1, -0.05) is 20.8 Å². The maximum atomic E-state index is 5.74. The van der Waals surface area contributed by atoms with Crippen molar-refractivity contribution in [3.05, 3.63) is 0 Å². The SMILES string of the molecule is CC1(C)C2CCC1(C)C(N=C(N)N=C(N)N)C2. The zero-order valence-corrected chi connectivity index (χ0v) is 10.9. The summed E-state index contributed by atoms with van der Waals surface area (Å²) in [7, 11) is 0. The van der Waals surface area contributed by atoms with Gasteiger partial charge in [0.2, 0.25) is 5.96 Å². The second-order valence-corrected chi connectivity index (χ2v) is 6.15. The zero-order valence-electron chi connectivity index (χ0n) is 10.9. The highest BCUT2D eigenvalue weighted by Crippen LogP contribution is 2.66. The van der Waals surface area contributed by atoms with Crippen molar-refractivity contribution in [2.75, 3.05) is 0 Å². The molecule has 0 aromatic rings. The van der Waals surface area contributed by atoms with Crippen LogP contribution in [0.15, 0.2) is 9.98 Å². The summed E-state index contributed by atoms with van der Waals surface area (Å²) in [5.74, 6) is 0.923. The van der Waals surface area contributed by atoms with Crippen molar-refractivity contribution in [2.24, 2.45) is 43.9 Å². The van der Waals surface area contributed by atoms with E-state index in [0.717, 1.165) is 12.3 Å². The fourth-order valence-corrected chi connectivity index (χ4v) is 3.68. The first-order chi connectivity index (χ1) is 7.77. The third kappa shape index (κ3) is 1.68. The molecule has 96 valence electrons. The van der Waals surface area contributed by atoms with Crippen molar-refractivity contribution >= 4 is 11.9 Å². The van der Waals surface area contributed by atoms with Gasteiger partial charge in [-0.3, -0.25) is 0 Å². The van der Waals surface area contributed by atoms with E-state index in [9.17, 15) is 0 Å². The maximum Gasteiger partial charge on any atom is 0.218 e. The van der Waals surface area contributed by atoms with Gasteiger partial charge >= 0.3 is 0 Å². The minimum absolute atomic E-state index is 0.0289. The summed E-state index contributed by atoms with van der Waals surface area (Å²) in [6.45, 7) is 7.00. The maximum absolute atomic E-state index is 5.74. The van der Waals surface area contributed by atoms with Gasteiger partial charge in [0.05, 0.1) is 6.04 Å². The van der Waals surface area contributed by atoms with Gasteiger partial charge in [0.15, 0.2) is 5.96 Å². The minimum atomic E-state index is -0.0289. The van der Waals surface area contributed by atoms with Crippen molar-refractivity contribution < 1.29 is 0 Å². The van der Waals surface area contributed by atoms with Crippen molar-refractivity contribution in [1.82, 2.24) is 0 Å². The fraction of sp³-hybridized carbons (Fsp3) is 0.833. The predicted octanol–water partition coefficient (Wildman–Crippen LogP) is 0.789. The van der Waals surface area contributed by atoms with Crippen LogP contribution in [0.3, 0.4) is 0 Å².